The number of para-hydroxylation sites is 1. The van der Waals surface area contributed by atoms with E-state index in [0.29, 0.717) is 11.8 Å². The smallest absolute Gasteiger partial charge is 0.227 e. The molecule has 0 radical (unpaired) electrons. The molecule has 2 fully saturated rings. The topological polar surface area (TPSA) is 55.1 Å². The van der Waals surface area contributed by atoms with Crippen molar-refractivity contribution in [3.8, 4) is 0 Å². The Morgan fingerprint density at radius 2 is 2.16 bits per heavy atom. The fraction of sp³-hybridized carbons (Fsp3) is 0.533. The fourth-order valence-electron chi connectivity index (χ4n) is 3.48. The van der Waals surface area contributed by atoms with E-state index >= 15 is 0 Å². The van der Waals surface area contributed by atoms with Gasteiger partial charge < -0.3 is 11.1 Å². The number of carbonyl (C=O) groups is 1. The van der Waals surface area contributed by atoms with Crippen molar-refractivity contribution < 1.29 is 4.79 Å². The van der Waals surface area contributed by atoms with E-state index in [0.717, 1.165) is 22.4 Å². The number of thioether (sulfide) groups is 1. The first-order valence-electron chi connectivity index (χ1n) is 6.99. The van der Waals surface area contributed by atoms with Gasteiger partial charge in [0.25, 0.3) is 0 Å². The Bertz CT molecular complexity index is 477. The molecule has 0 heterocycles. The molecule has 2 aliphatic rings. The van der Waals surface area contributed by atoms with Gasteiger partial charge in [-0.25, -0.2) is 0 Å². The van der Waals surface area contributed by atoms with Crippen molar-refractivity contribution in [3.05, 3.63) is 24.3 Å². The summed E-state index contributed by atoms with van der Waals surface area (Å²) in [4.78, 5) is 12.0. The van der Waals surface area contributed by atoms with Gasteiger partial charge in [-0.3, -0.25) is 4.79 Å². The minimum Gasteiger partial charge on any atom is -0.381 e. The largest absolute Gasteiger partial charge is 0.381 e. The quantitative estimate of drug-likeness (QED) is 0.813. The first-order chi connectivity index (χ1) is 9.22. The van der Waals surface area contributed by atoms with Crippen LogP contribution in [0.15, 0.2) is 29.2 Å². The first-order valence-corrected chi connectivity index (χ1v) is 7.97. The van der Waals surface area contributed by atoms with Gasteiger partial charge in [0, 0.05) is 16.6 Å². The van der Waals surface area contributed by atoms with Gasteiger partial charge in [-0.1, -0.05) is 18.6 Å². The number of benzene rings is 1. The van der Waals surface area contributed by atoms with Crippen LogP contribution in [0, 0.1) is 11.8 Å². The van der Waals surface area contributed by atoms with E-state index in [9.17, 15) is 4.79 Å². The van der Waals surface area contributed by atoms with Crippen LogP contribution in [0.1, 0.15) is 25.7 Å². The highest BCUT2D eigenvalue weighted by Crippen LogP contribution is 2.46. The molecule has 2 saturated carbocycles. The molecule has 3 rings (SSSR count). The minimum atomic E-state index is -0.264. The SMILES string of the molecule is NC(=O)CSc1ccccc1NC1CC2CCC1C2. The highest BCUT2D eigenvalue weighted by molar-refractivity contribution is 8.00. The molecular formula is C15H20N2OS. The maximum atomic E-state index is 10.9. The van der Waals surface area contributed by atoms with Crippen molar-refractivity contribution >= 4 is 23.4 Å². The average molecular weight is 276 g/mol. The van der Waals surface area contributed by atoms with Gasteiger partial charge in [0.15, 0.2) is 0 Å². The van der Waals surface area contributed by atoms with Gasteiger partial charge in [-0.15, -0.1) is 11.8 Å². The van der Waals surface area contributed by atoms with E-state index in [1.807, 2.05) is 12.1 Å². The number of anilines is 1. The van der Waals surface area contributed by atoms with Crippen LogP contribution in [-0.4, -0.2) is 17.7 Å². The number of carbonyl (C=O) groups excluding carboxylic acids is 1. The zero-order valence-electron chi connectivity index (χ0n) is 11.0. The Hall–Kier alpha value is -1.16. The van der Waals surface area contributed by atoms with Crippen molar-refractivity contribution in [2.45, 2.75) is 36.6 Å². The van der Waals surface area contributed by atoms with Crippen molar-refractivity contribution in [2.24, 2.45) is 17.6 Å². The van der Waals surface area contributed by atoms with Crippen LogP contribution < -0.4 is 11.1 Å². The van der Waals surface area contributed by atoms with Crippen LogP contribution in [0.2, 0.25) is 0 Å². The molecule has 0 aliphatic heterocycles. The number of rotatable bonds is 5. The lowest BCUT2D eigenvalue weighted by Crippen LogP contribution is -2.26. The number of fused-ring (bicyclic) bond motifs is 2. The predicted octanol–water partition coefficient (Wildman–Crippen LogP) is 2.86. The number of hydrogen-bond donors (Lipinski definition) is 2. The maximum Gasteiger partial charge on any atom is 0.227 e. The molecule has 0 saturated heterocycles. The third kappa shape index (κ3) is 2.89. The number of amides is 1. The number of nitrogens with two attached hydrogens (primary N) is 1. The van der Waals surface area contributed by atoms with E-state index in [1.165, 1.54) is 37.4 Å². The Kier molecular flexibility index (Phi) is 3.69. The normalized spacial score (nSPS) is 28.5. The summed E-state index contributed by atoms with van der Waals surface area (Å²) < 4.78 is 0. The summed E-state index contributed by atoms with van der Waals surface area (Å²) in [7, 11) is 0. The van der Waals surface area contributed by atoms with Crippen LogP contribution >= 0.6 is 11.8 Å². The molecule has 102 valence electrons. The third-order valence-electron chi connectivity index (χ3n) is 4.34. The molecule has 0 aromatic heterocycles. The van der Waals surface area contributed by atoms with Crippen molar-refractivity contribution in [2.75, 3.05) is 11.1 Å². The molecule has 3 N–H and O–H groups in total. The van der Waals surface area contributed by atoms with Crippen LogP contribution in [0.4, 0.5) is 5.69 Å². The number of primary amides is 1. The van der Waals surface area contributed by atoms with Crippen LogP contribution in [0.25, 0.3) is 0 Å². The van der Waals surface area contributed by atoms with Gasteiger partial charge in [0.05, 0.1) is 5.75 Å². The van der Waals surface area contributed by atoms with Crippen LogP contribution in [0.3, 0.4) is 0 Å². The molecule has 3 unspecified atom stereocenters. The second-order valence-corrected chi connectivity index (χ2v) is 6.69. The standard InChI is InChI=1S/C15H20N2OS/c16-15(18)9-19-14-4-2-1-3-12(14)17-13-8-10-5-6-11(13)7-10/h1-4,10-11,13,17H,5-9H2,(H2,16,18). The highest BCUT2D eigenvalue weighted by atomic mass is 32.2. The van der Waals surface area contributed by atoms with Gasteiger partial charge in [0.1, 0.15) is 0 Å². The summed E-state index contributed by atoms with van der Waals surface area (Å²) in [5, 5.41) is 3.69. The predicted molar refractivity (Wildman–Crippen MR) is 79.2 cm³/mol. The van der Waals surface area contributed by atoms with E-state index in [4.69, 9.17) is 5.73 Å². The van der Waals surface area contributed by atoms with Gasteiger partial charge in [-0.05, 0) is 43.2 Å². The summed E-state index contributed by atoms with van der Waals surface area (Å²) in [6.45, 7) is 0. The first kappa shape index (κ1) is 12.9. The zero-order valence-corrected chi connectivity index (χ0v) is 11.8. The number of hydrogen-bond acceptors (Lipinski definition) is 3. The Morgan fingerprint density at radius 3 is 2.84 bits per heavy atom. The van der Waals surface area contributed by atoms with E-state index in [1.54, 1.807) is 0 Å². The van der Waals surface area contributed by atoms with Gasteiger partial charge in [-0.2, -0.15) is 0 Å². The van der Waals surface area contributed by atoms with Gasteiger partial charge in [0.2, 0.25) is 5.91 Å². The van der Waals surface area contributed by atoms with Gasteiger partial charge >= 0.3 is 0 Å². The second-order valence-electron chi connectivity index (χ2n) is 5.68. The van der Waals surface area contributed by atoms with E-state index in [-0.39, 0.29) is 5.91 Å². The molecule has 2 aliphatic carbocycles. The minimum absolute atomic E-state index is 0.264. The Labute approximate surface area is 118 Å². The summed E-state index contributed by atoms with van der Waals surface area (Å²) in [5.41, 5.74) is 6.38. The van der Waals surface area contributed by atoms with Crippen molar-refractivity contribution in [3.63, 3.8) is 0 Å². The summed E-state index contributed by atoms with van der Waals surface area (Å²) in [6.07, 6.45) is 5.49. The summed E-state index contributed by atoms with van der Waals surface area (Å²) in [6, 6.07) is 8.84. The molecule has 1 aromatic rings. The Balaban J connectivity index is 1.68. The summed E-state index contributed by atoms with van der Waals surface area (Å²) >= 11 is 1.52. The Morgan fingerprint density at radius 1 is 1.32 bits per heavy atom. The maximum absolute atomic E-state index is 10.9. The summed E-state index contributed by atoms with van der Waals surface area (Å²) in [5.74, 6) is 1.86. The lowest BCUT2D eigenvalue weighted by molar-refractivity contribution is -0.115. The zero-order chi connectivity index (χ0) is 13.2. The van der Waals surface area contributed by atoms with Crippen molar-refractivity contribution in [1.29, 1.82) is 0 Å². The molecular weight excluding hydrogens is 256 g/mol. The highest BCUT2D eigenvalue weighted by Gasteiger charge is 2.39. The molecule has 4 heteroatoms. The molecule has 0 spiro atoms. The fourth-order valence-corrected chi connectivity index (χ4v) is 4.24. The number of nitrogens with one attached hydrogen (secondary N) is 1. The lowest BCUT2D eigenvalue weighted by atomic mass is 9.95. The molecule has 3 atom stereocenters. The van der Waals surface area contributed by atoms with Crippen molar-refractivity contribution in [1.82, 2.24) is 0 Å². The third-order valence-corrected chi connectivity index (χ3v) is 5.43. The van der Waals surface area contributed by atoms with Crippen LogP contribution in [-0.2, 0) is 4.79 Å². The average Bonchev–Trinajstić information content (AvgIpc) is 3.00. The lowest BCUT2D eigenvalue weighted by Gasteiger charge is -2.25. The second kappa shape index (κ2) is 5.45. The van der Waals surface area contributed by atoms with Crippen LogP contribution in [0.5, 0.6) is 0 Å². The monoisotopic (exact) mass is 276 g/mol. The molecule has 2 bridgehead atoms. The molecule has 3 nitrogen and oxygen atoms in total. The van der Waals surface area contributed by atoms with E-state index < -0.39 is 0 Å². The molecule has 19 heavy (non-hydrogen) atoms. The molecule has 1 amide bonds. The van der Waals surface area contributed by atoms with E-state index in [2.05, 4.69) is 17.4 Å². The molecule has 1 aromatic carbocycles.